The molecule has 1 amide bonds. The Morgan fingerprint density at radius 2 is 2.16 bits per heavy atom. The number of methoxy groups -OCH3 is 1. The summed E-state index contributed by atoms with van der Waals surface area (Å²) in [6, 6.07) is 7.89. The molecule has 102 valence electrons. The van der Waals surface area contributed by atoms with Crippen molar-refractivity contribution in [2.75, 3.05) is 20.2 Å². The van der Waals surface area contributed by atoms with Gasteiger partial charge in [0.05, 0.1) is 7.11 Å². The number of nitrogens with zero attached hydrogens (tertiary/aromatic N) is 1. The molecule has 0 saturated heterocycles. The molecule has 1 heterocycles. The lowest BCUT2D eigenvalue weighted by Crippen LogP contribution is -2.35. The van der Waals surface area contributed by atoms with Crippen LogP contribution in [0, 0.1) is 0 Å². The van der Waals surface area contributed by atoms with Gasteiger partial charge in [-0.15, -0.1) is 0 Å². The Bertz CT molecular complexity index is 468. The van der Waals surface area contributed by atoms with E-state index < -0.39 is 5.91 Å². The molecule has 19 heavy (non-hydrogen) atoms. The maximum absolute atomic E-state index is 11.4. The lowest BCUT2D eigenvalue weighted by molar-refractivity contribution is -0.125. The SMILES string of the molecule is COc1ccc(CN2CCC=C(C(=O)NO)C2)cc1. The zero-order chi connectivity index (χ0) is 13.7. The lowest BCUT2D eigenvalue weighted by Gasteiger charge is -2.26. The Labute approximate surface area is 112 Å². The molecule has 1 aliphatic rings. The molecule has 5 heteroatoms. The Morgan fingerprint density at radius 1 is 1.42 bits per heavy atom. The Balaban J connectivity index is 1.96. The monoisotopic (exact) mass is 262 g/mol. The summed E-state index contributed by atoms with van der Waals surface area (Å²) in [4.78, 5) is 13.5. The van der Waals surface area contributed by atoms with E-state index in [0.29, 0.717) is 12.1 Å². The fraction of sp³-hybridized carbons (Fsp3) is 0.357. The zero-order valence-corrected chi connectivity index (χ0v) is 10.9. The number of carbonyl (C=O) groups excluding carboxylic acids is 1. The van der Waals surface area contributed by atoms with Gasteiger partial charge in [0.15, 0.2) is 0 Å². The highest BCUT2D eigenvalue weighted by atomic mass is 16.5. The normalized spacial score (nSPS) is 15.8. The molecular weight excluding hydrogens is 244 g/mol. The van der Waals surface area contributed by atoms with Crippen molar-refractivity contribution < 1.29 is 14.7 Å². The minimum absolute atomic E-state index is 0.417. The first-order valence-electron chi connectivity index (χ1n) is 6.21. The highest BCUT2D eigenvalue weighted by Gasteiger charge is 2.17. The molecule has 0 radical (unpaired) electrons. The molecule has 2 rings (SSSR count). The topological polar surface area (TPSA) is 61.8 Å². The van der Waals surface area contributed by atoms with Crippen molar-refractivity contribution in [3.8, 4) is 5.75 Å². The predicted molar refractivity (Wildman–Crippen MR) is 70.9 cm³/mol. The number of benzene rings is 1. The maximum atomic E-state index is 11.4. The second-order valence-electron chi connectivity index (χ2n) is 4.52. The van der Waals surface area contributed by atoms with Gasteiger partial charge in [-0.3, -0.25) is 14.9 Å². The fourth-order valence-electron chi connectivity index (χ4n) is 2.17. The van der Waals surface area contributed by atoms with Gasteiger partial charge >= 0.3 is 0 Å². The number of carbonyl (C=O) groups is 1. The van der Waals surface area contributed by atoms with Crippen LogP contribution in [0.15, 0.2) is 35.9 Å². The van der Waals surface area contributed by atoms with E-state index in [1.54, 1.807) is 12.6 Å². The van der Waals surface area contributed by atoms with Gasteiger partial charge in [-0.05, 0) is 24.1 Å². The molecule has 5 nitrogen and oxygen atoms in total. The first-order chi connectivity index (χ1) is 9.22. The van der Waals surface area contributed by atoms with Gasteiger partial charge in [0.2, 0.25) is 0 Å². The standard InChI is InChI=1S/C14H18N2O3/c1-19-13-6-4-11(5-7-13)9-16-8-2-3-12(10-16)14(17)15-18/h3-7,18H,2,8-10H2,1H3,(H,15,17). The van der Waals surface area contributed by atoms with E-state index in [4.69, 9.17) is 9.94 Å². The van der Waals surface area contributed by atoms with Crippen LogP contribution in [0.4, 0.5) is 0 Å². The largest absolute Gasteiger partial charge is 0.497 e. The van der Waals surface area contributed by atoms with Crippen LogP contribution in [-0.4, -0.2) is 36.2 Å². The van der Waals surface area contributed by atoms with Crippen LogP contribution < -0.4 is 10.2 Å². The van der Waals surface area contributed by atoms with Crippen LogP contribution in [0.25, 0.3) is 0 Å². The van der Waals surface area contributed by atoms with Crippen molar-refractivity contribution in [2.45, 2.75) is 13.0 Å². The van der Waals surface area contributed by atoms with Gasteiger partial charge in [0, 0.05) is 25.2 Å². The number of nitrogens with one attached hydrogen (secondary N) is 1. The Kier molecular flexibility index (Phi) is 4.54. The summed E-state index contributed by atoms with van der Waals surface area (Å²) in [6.45, 7) is 2.24. The summed E-state index contributed by atoms with van der Waals surface area (Å²) < 4.78 is 5.12. The van der Waals surface area contributed by atoms with Gasteiger partial charge in [-0.25, -0.2) is 5.48 Å². The maximum Gasteiger partial charge on any atom is 0.271 e. The minimum atomic E-state index is -0.417. The van der Waals surface area contributed by atoms with Crippen molar-refractivity contribution in [2.24, 2.45) is 0 Å². The first kappa shape index (κ1) is 13.6. The van der Waals surface area contributed by atoms with Crippen LogP contribution in [-0.2, 0) is 11.3 Å². The molecule has 0 atom stereocenters. The third kappa shape index (κ3) is 3.56. The van der Waals surface area contributed by atoms with Crippen molar-refractivity contribution >= 4 is 5.91 Å². The highest BCUT2D eigenvalue weighted by Crippen LogP contribution is 2.16. The van der Waals surface area contributed by atoms with Crippen LogP contribution in [0.1, 0.15) is 12.0 Å². The molecule has 1 aromatic rings. The summed E-state index contributed by atoms with van der Waals surface area (Å²) in [5, 5.41) is 8.65. The molecule has 1 aliphatic heterocycles. The van der Waals surface area contributed by atoms with Gasteiger partial charge in [0.25, 0.3) is 5.91 Å². The predicted octanol–water partition coefficient (Wildman–Crippen LogP) is 1.33. The molecule has 0 spiro atoms. The van der Waals surface area contributed by atoms with Gasteiger partial charge in [-0.2, -0.15) is 0 Å². The smallest absolute Gasteiger partial charge is 0.271 e. The number of hydroxylamine groups is 1. The highest BCUT2D eigenvalue weighted by molar-refractivity contribution is 5.93. The average Bonchev–Trinajstić information content (AvgIpc) is 2.47. The van der Waals surface area contributed by atoms with Crippen LogP contribution in [0.5, 0.6) is 5.75 Å². The molecule has 2 N–H and O–H groups in total. The summed E-state index contributed by atoms with van der Waals surface area (Å²) in [5.74, 6) is 0.419. The van der Waals surface area contributed by atoms with Crippen molar-refractivity contribution in [1.29, 1.82) is 0 Å². The minimum Gasteiger partial charge on any atom is -0.497 e. The summed E-state index contributed by atoms with van der Waals surface area (Å²) in [6.07, 6.45) is 2.69. The van der Waals surface area contributed by atoms with Gasteiger partial charge in [-0.1, -0.05) is 18.2 Å². The number of rotatable bonds is 4. The Morgan fingerprint density at radius 3 is 2.79 bits per heavy atom. The second kappa shape index (κ2) is 6.36. The van der Waals surface area contributed by atoms with E-state index in [-0.39, 0.29) is 0 Å². The van der Waals surface area contributed by atoms with E-state index in [1.165, 1.54) is 5.56 Å². The molecule has 0 unspecified atom stereocenters. The van der Waals surface area contributed by atoms with Crippen LogP contribution in [0.3, 0.4) is 0 Å². The molecule has 0 saturated carbocycles. The number of hydrogen-bond acceptors (Lipinski definition) is 4. The molecule has 0 aliphatic carbocycles. The number of amides is 1. The number of ether oxygens (including phenoxy) is 1. The fourth-order valence-corrected chi connectivity index (χ4v) is 2.17. The number of hydrogen-bond donors (Lipinski definition) is 2. The summed E-state index contributed by atoms with van der Waals surface area (Å²) in [7, 11) is 1.64. The molecule has 1 aromatic carbocycles. The molecule has 0 bridgehead atoms. The molecule has 0 aromatic heterocycles. The van der Waals surface area contributed by atoms with Crippen molar-refractivity contribution in [3.63, 3.8) is 0 Å². The summed E-state index contributed by atoms with van der Waals surface area (Å²) >= 11 is 0. The Hall–Kier alpha value is -1.85. The van der Waals surface area contributed by atoms with Gasteiger partial charge < -0.3 is 4.74 Å². The molecule has 0 fully saturated rings. The molecular formula is C14H18N2O3. The van der Waals surface area contributed by atoms with E-state index in [9.17, 15) is 4.79 Å². The van der Waals surface area contributed by atoms with E-state index in [0.717, 1.165) is 25.3 Å². The summed E-state index contributed by atoms with van der Waals surface area (Å²) in [5.41, 5.74) is 3.47. The van der Waals surface area contributed by atoms with Crippen LogP contribution >= 0.6 is 0 Å². The van der Waals surface area contributed by atoms with Crippen molar-refractivity contribution in [1.82, 2.24) is 10.4 Å². The average molecular weight is 262 g/mol. The third-order valence-corrected chi connectivity index (χ3v) is 3.19. The van der Waals surface area contributed by atoms with E-state index >= 15 is 0 Å². The van der Waals surface area contributed by atoms with Crippen molar-refractivity contribution in [3.05, 3.63) is 41.5 Å². The van der Waals surface area contributed by atoms with Crippen LogP contribution in [0.2, 0.25) is 0 Å². The second-order valence-corrected chi connectivity index (χ2v) is 4.52. The quantitative estimate of drug-likeness (QED) is 0.635. The van der Waals surface area contributed by atoms with E-state index in [2.05, 4.69) is 4.90 Å². The third-order valence-electron chi connectivity index (χ3n) is 3.19. The van der Waals surface area contributed by atoms with E-state index in [1.807, 2.05) is 30.3 Å². The lowest BCUT2D eigenvalue weighted by atomic mass is 10.1. The van der Waals surface area contributed by atoms with Gasteiger partial charge in [0.1, 0.15) is 5.75 Å². The first-order valence-corrected chi connectivity index (χ1v) is 6.21. The zero-order valence-electron chi connectivity index (χ0n) is 10.9.